The van der Waals surface area contributed by atoms with Crippen LogP contribution in [0.2, 0.25) is 0 Å². The molecule has 2 aromatic heterocycles. The van der Waals surface area contributed by atoms with E-state index in [1.165, 1.54) is 29.7 Å². The van der Waals surface area contributed by atoms with Crippen LogP contribution in [-0.4, -0.2) is 15.3 Å². The van der Waals surface area contributed by atoms with E-state index in [0.717, 1.165) is 52.5 Å². The van der Waals surface area contributed by atoms with Crippen LogP contribution >= 0.6 is 23.1 Å². The third kappa shape index (κ3) is 4.78. The van der Waals surface area contributed by atoms with E-state index in [4.69, 9.17) is 4.98 Å². The maximum Gasteiger partial charge on any atom is 0.267 e. The van der Waals surface area contributed by atoms with Crippen LogP contribution in [0, 0.1) is 11.3 Å². The Balaban J connectivity index is 1.77. The minimum absolute atomic E-state index is 0.110. The Labute approximate surface area is 194 Å². The molecular weight excluding hydrogens is 420 g/mol. The second-order valence-electron chi connectivity index (χ2n) is 9.77. The van der Waals surface area contributed by atoms with Crippen LogP contribution in [0.15, 0.2) is 40.3 Å². The smallest absolute Gasteiger partial charge is 0.267 e. The number of aromatic nitrogens is 2. The highest BCUT2D eigenvalue weighted by Crippen LogP contribution is 2.42. The first-order valence-electron chi connectivity index (χ1n) is 11.7. The zero-order chi connectivity index (χ0) is 22.0. The monoisotopic (exact) mass is 454 g/mol. The molecule has 0 amide bonds. The molecule has 0 N–H and O–H groups in total. The summed E-state index contributed by atoms with van der Waals surface area (Å²) in [6.45, 7) is 9.25. The van der Waals surface area contributed by atoms with Crippen molar-refractivity contribution in [3.63, 3.8) is 0 Å². The number of rotatable bonds is 7. The molecule has 0 fully saturated rings. The molecule has 5 heteroatoms. The number of hydrogen-bond donors (Lipinski definition) is 0. The van der Waals surface area contributed by atoms with Crippen LogP contribution in [0.1, 0.15) is 70.2 Å². The van der Waals surface area contributed by atoms with E-state index in [-0.39, 0.29) is 5.56 Å². The Morgan fingerprint density at radius 3 is 2.65 bits per heavy atom. The van der Waals surface area contributed by atoms with Gasteiger partial charge in [0, 0.05) is 10.6 Å². The Morgan fingerprint density at radius 1 is 1.16 bits per heavy atom. The summed E-state index contributed by atoms with van der Waals surface area (Å²) in [5.74, 6) is 1.67. The van der Waals surface area contributed by atoms with Gasteiger partial charge in [0.05, 0.1) is 11.1 Å². The lowest BCUT2D eigenvalue weighted by Crippen LogP contribution is -2.27. The van der Waals surface area contributed by atoms with E-state index < -0.39 is 0 Å². The SMILES string of the molecule is CCCCCCSc1nc2sc3c(c2c(=O)n1-c1ccccc1)CC[C@H](C(C)(C)C)C3. The van der Waals surface area contributed by atoms with Crippen LogP contribution in [-0.2, 0) is 12.8 Å². The molecule has 0 spiro atoms. The average molecular weight is 455 g/mol. The molecule has 4 rings (SSSR count). The van der Waals surface area contributed by atoms with Gasteiger partial charge in [-0.15, -0.1) is 11.3 Å². The molecule has 166 valence electrons. The number of unbranched alkanes of at least 4 members (excludes halogenated alkanes) is 3. The first-order valence-corrected chi connectivity index (χ1v) is 13.5. The van der Waals surface area contributed by atoms with Gasteiger partial charge < -0.3 is 0 Å². The van der Waals surface area contributed by atoms with Crippen molar-refractivity contribution in [1.82, 2.24) is 9.55 Å². The topological polar surface area (TPSA) is 34.9 Å². The molecule has 3 nitrogen and oxygen atoms in total. The number of para-hydroxylation sites is 1. The summed E-state index contributed by atoms with van der Waals surface area (Å²) in [7, 11) is 0. The number of fused-ring (bicyclic) bond motifs is 3. The fourth-order valence-corrected chi connectivity index (χ4v) is 6.89. The van der Waals surface area contributed by atoms with E-state index in [0.29, 0.717) is 11.3 Å². The highest BCUT2D eigenvalue weighted by atomic mass is 32.2. The fourth-order valence-electron chi connectivity index (χ4n) is 4.54. The molecule has 31 heavy (non-hydrogen) atoms. The third-order valence-corrected chi connectivity index (χ3v) is 8.69. The predicted molar refractivity (Wildman–Crippen MR) is 135 cm³/mol. The number of benzene rings is 1. The first kappa shape index (κ1) is 22.6. The molecular formula is C26H34N2OS2. The van der Waals surface area contributed by atoms with Crippen LogP contribution in [0.4, 0.5) is 0 Å². The molecule has 0 aliphatic heterocycles. The predicted octanol–water partition coefficient (Wildman–Crippen LogP) is 7.27. The highest BCUT2D eigenvalue weighted by molar-refractivity contribution is 7.99. The van der Waals surface area contributed by atoms with E-state index in [2.05, 4.69) is 27.7 Å². The normalized spacial score (nSPS) is 16.6. The third-order valence-electron chi connectivity index (χ3n) is 6.52. The minimum Gasteiger partial charge on any atom is -0.268 e. The summed E-state index contributed by atoms with van der Waals surface area (Å²) in [6.07, 6.45) is 8.13. The lowest BCUT2D eigenvalue weighted by molar-refractivity contribution is 0.218. The van der Waals surface area contributed by atoms with E-state index in [9.17, 15) is 4.79 Å². The summed E-state index contributed by atoms with van der Waals surface area (Å²) in [4.78, 5) is 21.2. The van der Waals surface area contributed by atoms with Crippen molar-refractivity contribution < 1.29 is 0 Å². The summed E-state index contributed by atoms with van der Waals surface area (Å²) in [5.41, 5.74) is 2.59. The number of thioether (sulfide) groups is 1. The molecule has 1 aromatic carbocycles. The van der Waals surface area contributed by atoms with E-state index >= 15 is 0 Å². The van der Waals surface area contributed by atoms with Crippen molar-refractivity contribution >= 4 is 33.3 Å². The van der Waals surface area contributed by atoms with Crippen molar-refractivity contribution in [2.75, 3.05) is 5.75 Å². The van der Waals surface area contributed by atoms with Crippen molar-refractivity contribution in [3.8, 4) is 5.69 Å². The Morgan fingerprint density at radius 2 is 1.94 bits per heavy atom. The van der Waals surface area contributed by atoms with Crippen LogP contribution < -0.4 is 5.56 Å². The molecule has 0 unspecified atom stereocenters. The van der Waals surface area contributed by atoms with Gasteiger partial charge in [-0.05, 0) is 54.7 Å². The van der Waals surface area contributed by atoms with Gasteiger partial charge in [-0.1, -0.05) is 76.9 Å². The maximum atomic E-state index is 13.8. The largest absolute Gasteiger partial charge is 0.268 e. The second-order valence-corrected chi connectivity index (χ2v) is 11.9. The lowest BCUT2D eigenvalue weighted by atomic mass is 9.72. The van der Waals surface area contributed by atoms with Gasteiger partial charge in [-0.2, -0.15) is 0 Å². The molecule has 0 saturated carbocycles. The molecule has 0 saturated heterocycles. The second kappa shape index (κ2) is 9.50. The van der Waals surface area contributed by atoms with Gasteiger partial charge in [-0.3, -0.25) is 9.36 Å². The maximum absolute atomic E-state index is 13.8. The van der Waals surface area contributed by atoms with Crippen molar-refractivity contribution in [2.45, 2.75) is 77.8 Å². The van der Waals surface area contributed by atoms with E-state index in [1.807, 2.05) is 34.9 Å². The summed E-state index contributed by atoms with van der Waals surface area (Å²) >= 11 is 3.49. The standard InChI is InChI=1S/C26H34N2OS2/c1-5-6-7-11-16-30-25-27-23-22(24(29)28(25)19-12-9-8-10-13-19)20-15-14-18(26(2,3)4)17-21(20)31-23/h8-10,12-13,18H,5-7,11,14-17H2,1-4H3/t18-/m0/s1. The number of hydrogen-bond acceptors (Lipinski definition) is 4. The first-order chi connectivity index (χ1) is 14.9. The van der Waals surface area contributed by atoms with Crippen molar-refractivity contribution in [2.24, 2.45) is 11.3 Å². The molecule has 2 heterocycles. The Bertz CT molecular complexity index is 1090. The van der Waals surface area contributed by atoms with Crippen molar-refractivity contribution in [1.29, 1.82) is 0 Å². The number of aryl methyl sites for hydroxylation is 1. The zero-order valence-corrected chi connectivity index (χ0v) is 20.9. The molecule has 0 bridgehead atoms. The zero-order valence-electron chi connectivity index (χ0n) is 19.2. The number of nitrogens with zero attached hydrogens (tertiary/aromatic N) is 2. The fraction of sp³-hybridized carbons (Fsp3) is 0.538. The highest BCUT2D eigenvalue weighted by Gasteiger charge is 2.32. The van der Waals surface area contributed by atoms with Gasteiger partial charge in [0.15, 0.2) is 5.16 Å². The van der Waals surface area contributed by atoms with Crippen LogP contribution in [0.5, 0.6) is 0 Å². The Hall–Kier alpha value is -1.59. The Kier molecular flexibility index (Phi) is 6.92. The van der Waals surface area contributed by atoms with Gasteiger partial charge in [0.1, 0.15) is 4.83 Å². The van der Waals surface area contributed by atoms with E-state index in [1.54, 1.807) is 23.1 Å². The van der Waals surface area contributed by atoms with Crippen LogP contribution in [0.25, 0.3) is 15.9 Å². The van der Waals surface area contributed by atoms with Gasteiger partial charge in [-0.25, -0.2) is 4.98 Å². The lowest BCUT2D eigenvalue weighted by Gasteiger charge is -2.33. The summed E-state index contributed by atoms with van der Waals surface area (Å²) in [5, 5.41) is 1.71. The van der Waals surface area contributed by atoms with Gasteiger partial charge in [0.2, 0.25) is 0 Å². The number of thiophene rings is 1. The molecule has 3 aromatic rings. The molecule has 1 atom stereocenters. The van der Waals surface area contributed by atoms with Gasteiger partial charge in [0.25, 0.3) is 5.56 Å². The molecule has 1 aliphatic carbocycles. The average Bonchev–Trinajstić information content (AvgIpc) is 3.11. The minimum atomic E-state index is 0.110. The summed E-state index contributed by atoms with van der Waals surface area (Å²) < 4.78 is 1.86. The van der Waals surface area contributed by atoms with Gasteiger partial charge >= 0.3 is 0 Å². The molecule has 1 aliphatic rings. The summed E-state index contributed by atoms with van der Waals surface area (Å²) in [6, 6.07) is 10.0. The van der Waals surface area contributed by atoms with Crippen molar-refractivity contribution in [3.05, 3.63) is 51.1 Å². The quantitative estimate of drug-likeness (QED) is 0.214. The van der Waals surface area contributed by atoms with Crippen LogP contribution in [0.3, 0.4) is 0 Å². The molecule has 0 radical (unpaired) electrons.